The van der Waals surface area contributed by atoms with E-state index in [1.165, 1.54) is 11.0 Å². The fourth-order valence-corrected chi connectivity index (χ4v) is 3.69. The van der Waals surface area contributed by atoms with Crippen LogP contribution in [0, 0.1) is 10.1 Å². The minimum Gasteiger partial charge on any atom is -0.341 e. The highest BCUT2D eigenvalue weighted by molar-refractivity contribution is 6.21. The molecule has 1 aromatic rings. The number of hydrogen-bond acceptors (Lipinski definition) is 6. The molecule has 13 heteroatoms. The third kappa shape index (κ3) is 4.70. The van der Waals surface area contributed by atoms with Crippen molar-refractivity contribution in [3.8, 4) is 0 Å². The van der Waals surface area contributed by atoms with Gasteiger partial charge in [-0.25, -0.2) is 0 Å². The van der Waals surface area contributed by atoms with Crippen LogP contribution in [0.5, 0.6) is 0 Å². The number of nitrogens with zero attached hydrogens (tertiary/aromatic N) is 4. The summed E-state index contributed by atoms with van der Waals surface area (Å²) in [6.45, 7) is -0.280. The number of nitro groups is 1. The molecule has 0 aliphatic carbocycles. The van der Waals surface area contributed by atoms with Gasteiger partial charge in [0.15, 0.2) is 0 Å². The van der Waals surface area contributed by atoms with Crippen molar-refractivity contribution in [2.75, 3.05) is 32.7 Å². The average molecular weight is 456 g/mol. The average Bonchev–Trinajstić information content (AvgIpc) is 2.91. The van der Waals surface area contributed by atoms with Crippen molar-refractivity contribution in [1.29, 1.82) is 0 Å². The number of fused-ring (bicyclic) bond motifs is 1. The maximum atomic E-state index is 12.6. The van der Waals surface area contributed by atoms with Gasteiger partial charge < -0.3 is 9.80 Å². The van der Waals surface area contributed by atoms with Crippen LogP contribution in [0.2, 0.25) is 0 Å². The van der Waals surface area contributed by atoms with Crippen molar-refractivity contribution in [1.82, 2.24) is 14.7 Å². The maximum Gasteiger partial charge on any atom is 0.471 e. The van der Waals surface area contributed by atoms with Crippen molar-refractivity contribution in [2.24, 2.45) is 0 Å². The summed E-state index contributed by atoms with van der Waals surface area (Å²) < 4.78 is 37.8. The number of hydrogen-bond donors (Lipinski definition) is 0. The Morgan fingerprint density at radius 3 is 2.28 bits per heavy atom. The van der Waals surface area contributed by atoms with Gasteiger partial charge in [0.2, 0.25) is 5.91 Å². The van der Waals surface area contributed by atoms with E-state index in [9.17, 15) is 42.5 Å². The van der Waals surface area contributed by atoms with Gasteiger partial charge in [-0.1, -0.05) is 0 Å². The van der Waals surface area contributed by atoms with Crippen LogP contribution in [0.3, 0.4) is 0 Å². The normalized spacial score (nSPS) is 16.8. The number of alkyl halides is 3. The molecule has 0 radical (unpaired) electrons. The third-order valence-corrected chi connectivity index (χ3v) is 5.32. The molecule has 172 valence electrons. The van der Waals surface area contributed by atoms with Gasteiger partial charge in [0, 0.05) is 51.3 Å². The molecule has 0 atom stereocenters. The van der Waals surface area contributed by atoms with Crippen LogP contribution < -0.4 is 0 Å². The summed E-state index contributed by atoms with van der Waals surface area (Å²) in [4.78, 5) is 61.8. The van der Waals surface area contributed by atoms with Crippen molar-refractivity contribution in [2.45, 2.75) is 25.4 Å². The molecule has 4 amide bonds. The van der Waals surface area contributed by atoms with E-state index < -0.39 is 28.8 Å². The molecule has 2 aliphatic rings. The molecule has 3 rings (SSSR count). The number of carbonyl (C=O) groups is 4. The molecule has 1 saturated heterocycles. The molecule has 2 heterocycles. The Labute approximate surface area is 179 Å². The van der Waals surface area contributed by atoms with E-state index in [1.54, 1.807) is 0 Å². The molecule has 0 aromatic heterocycles. The summed E-state index contributed by atoms with van der Waals surface area (Å²) in [5.41, 5.74) is -0.340. The van der Waals surface area contributed by atoms with Gasteiger partial charge in [0.1, 0.15) is 0 Å². The Bertz CT molecular complexity index is 980. The molecule has 1 fully saturated rings. The highest BCUT2D eigenvalue weighted by Gasteiger charge is 2.43. The number of benzene rings is 1. The van der Waals surface area contributed by atoms with Crippen molar-refractivity contribution >= 4 is 29.3 Å². The molecule has 0 N–H and O–H groups in total. The van der Waals surface area contributed by atoms with Crippen LogP contribution in [0.4, 0.5) is 18.9 Å². The highest BCUT2D eigenvalue weighted by atomic mass is 19.4. The zero-order chi connectivity index (χ0) is 23.6. The van der Waals surface area contributed by atoms with Crippen LogP contribution in [0.25, 0.3) is 0 Å². The molecule has 0 saturated carbocycles. The first-order valence-corrected chi connectivity index (χ1v) is 9.79. The number of halogens is 3. The number of imide groups is 1. The lowest BCUT2D eigenvalue weighted by atomic mass is 10.1. The largest absolute Gasteiger partial charge is 0.471 e. The van der Waals surface area contributed by atoms with E-state index in [4.69, 9.17) is 0 Å². The topological polar surface area (TPSA) is 121 Å². The first kappa shape index (κ1) is 23.2. The maximum absolute atomic E-state index is 12.6. The number of non-ortho nitro benzene ring substituents is 1. The van der Waals surface area contributed by atoms with Gasteiger partial charge in [-0.15, -0.1) is 0 Å². The Morgan fingerprint density at radius 1 is 1.00 bits per heavy atom. The van der Waals surface area contributed by atoms with E-state index in [-0.39, 0.29) is 74.7 Å². The molecular weight excluding hydrogens is 437 g/mol. The van der Waals surface area contributed by atoms with Gasteiger partial charge >= 0.3 is 12.1 Å². The lowest BCUT2D eigenvalue weighted by Crippen LogP contribution is -2.43. The highest BCUT2D eigenvalue weighted by Crippen LogP contribution is 2.27. The van der Waals surface area contributed by atoms with Crippen LogP contribution >= 0.6 is 0 Å². The van der Waals surface area contributed by atoms with Crippen LogP contribution in [-0.4, -0.2) is 82.2 Å². The summed E-state index contributed by atoms with van der Waals surface area (Å²) >= 11 is 0. The van der Waals surface area contributed by atoms with Crippen molar-refractivity contribution in [3.05, 3.63) is 39.4 Å². The van der Waals surface area contributed by atoms with Crippen LogP contribution in [0.1, 0.15) is 40.0 Å². The molecule has 0 spiro atoms. The van der Waals surface area contributed by atoms with Crippen molar-refractivity contribution < 1.29 is 37.3 Å². The van der Waals surface area contributed by atoms with Crippen molar-refractivity contribution in [3.63, 3.8) is 0 Å². The Balaban J connectivity index is 1.53. The summed E-state index contributed by atoms with van der Waals surface area (Å²) in [6.07, 6.45) is -4.70. The second kappa shape index (κ2) is 8.93. The van der Waals surface area contributed by atoms with Gasteiger partial charge in [0.25, 0.3) is 17.5 Å². The molecule has 1 aromatic carbocycles. The summed E-state index contributed by atoms with van der Waals surface area (Å²) in [7, 11) is 0. The first-order valence-electron chi connectivity index (χ1n) is 9.79. The van der Waals surface area contributed by atoms with Gasteiger partial charge in [-0.3, -0.25) is 34.2 Å². The zero-order valence-electron chi connectivity index (χ0n) is 16.8. The van der Waals surface area contributed by atoms with Gasteiger partial charge in [0.05, 0.1) is 16.1 Å². The number of nitro benzene ring substituents is 1. The number of rotatable bonds is 5. The minimum absolute atomic E-state index is 0.0443. The number of carbonyl (C=O) groups excluding carboxylic acids is 4. The molecule has 2 aliphatic heterocycles. The summed E-state index contributed by atoms with van der Waals surface area (Å²) in [6, 6.07) is 3.37. The first-order chi connectivity index (χ1) is 15.0. The van der Waals surface area contributed by atoms with E-state index in [1.807, 2.05) is 0 Å². The molecular formula is C19H19F3N4O6. The lowest BCUT2D eigenvalue weighted by molar-refractivity contribution is -0.384. The predicted molar refractivity (Wildman–Crippen MR) is 102 cm³/mol. The SMILES string of the molecule is O=C(CCCN1C(=O)c2ccc([N+](=O)[O-])cc2C1=O)N1CCCN(C(=O)C(F)(F)F)CC1. The van der Waals surface area contributed by atoms with E-state index in [0.29, 0.717) is 4.90 Å². The summed E-state index contributed by atoms with van der Waals surface area (Å²) in [5.74, 6) is -3.59. The Morgan fingerprint density at radius 2 is 1.62 bits per heavy atom. The standard InChI is InChI=1S/C19H19F3N4O6/c20-19(21,22)18(30)24-7-2-6-23(9-10-24)15(27)3-1-8-25-16(28)13-5-4-12(26(31)32)11-14(13)17(25)29/h4-5,11H,1-3,6-10H2. The summed E-state index contributed by atoms with van der Waals surface area (Å²) in [5, 5.41) is 10.9. The Kier molecular flexibility index (Phi) is 6.46. The molecule has 0 bridgehead atoms. The van der Waals surface area contributed by atoms with Crippen LogP contribution in [-0.2, 0) is 9.59 Å². The lowest BCUT2D eigenvalue weighted by Gasteiger charge is -2.23. The Hall–Kier alpha value is -3.51. The smallest absolute Gasteiger partial charge is 0.341 e. The fourth-order valence-electron chi connectivity index (χ4n) is 3.69. The van der Waals surface area contributed by atoms with Crippen LogP contribution in [0.15, 0.2) is 18.2 Å². The quantitative estimate of drug-likeness (QED) is 0.377. The molecule has 32 heavy (non-hydrogen) atoms. The molecule has 10 nitrogen and oxygen atoms in total. The number of amides is 4. The van der Waals surface area contributed by atoms with Gasteiger partial charge in [-0.05, 0) is 18.9 Å². The second-order valence-electron chi connectivity index (χ2n) is 7.38. The monoisotopic (exact) mass is 456 g/mol. The third-order valence-electron chi connectivity index (χ3n) is 5.32. The predicted octanol–water partition coefficient (Wildman–Crippen LogP) is 1.59. The molecule has 0 unspecified atom stereocenters. The van der Waals surface area contributed by atoms with E-state index in [0.717, 1.165) is 17.0 Å². The zero-order valence-corrected chi connectivity index (χ0v) is 16.8. The minimum atomic E-state index is -4.97. The van der Waals surface area contributed by atoms with E-state index >= 15 is 0 Å². The fraction of sp³-hybridized carbons (Fsp3) is 0.474. The van der Waals surface area contributed by atoms with E-state index in [2.05, 4.69) is 0 Å². The van der Waals surface area contributed by atoms with Gasteiger partial charge in [-0.2, -0.15) is 13.2 Å². The second-order valence-corrected chi connectivity index (χ2v) is 7.38.